The Morgan fingerprint density at radius 2 is 2.00 bits per heavy atom. The Labute approximate surface area is 155 Å². The third kappa shape index (κ3) is 3.22. The van der Waals surface area contributed by atoms with E-state index in [1.54, 1.807) is 4.52 Å². The molecule has 8 heteroatoms. The van der Waals surface area contributed by atoms with Gasteiger partial charge in [0.05, 0.1) is 17.9 Å². The highest BCUT2D eigenvalue weighted by atomic mass is 16.2. The van der Waals surface area contributed by atoms with Gasteiger partial charge in [-0.15, -0.1) is 10.6 Å². The van der Waals surface area contributed by atoms with Gasteiger partial charge >= 0.3 is 0 Å². The zero-order valence-electron chi connectivity index (χ0n) is 14.6. The van der Waals surface area contributed by atoms with E-state index in [1.165, 1.54) is 5.56 Å². The molecule has 1 aromatic carbocycles. The summed E-state index contributed by atoms with van der Waals surface area (Å²) in [6.45, 7) is 0.730. The van der Waals surface area contributed by atoms with Crippen molar-refractivity contribution in [1.29, 1.82) is 0 Å². The molecule has 1 aliphatic carbocycles. The fraction of sp³-hybridized carbons (Fsp3) is 0.211. The van der Waals surface area contributed by atoms with Gasteiger partial charge in [-0.25, -0.2) is 4.52 Å². The van der Waals surface area contributed by atoms with Crippen LogP contribution in [-0.2, 0) is 11.3 Å². The Kier molecular flexibility index (Phi) is 3.75. The van der Waals surface area contributed by atoms with Gasteiger partial charge < -0.3 is 5.43 Å². The summed E-state index contributed by atoms with van der Waals surface area (Å²) < 4.78 is 1.73. The Morgan fingerprint density at radius 3 is 2.81 bits per heavy atom. The largest absolute Gasteiger partial charge is 0.300 e. The number of anilines is 1. The summed E-state index contributed by atoms with van der Waals surface area (Å²) in [6, 6.07) is 16.0. The first kappa shape index (κ1) is 15.8. The SMILES string of the molecule is O=C(Nc1nc2cccc(C3=CN(Cc4ccccc4)NN3)n2n1)C1CC1. The summed E-state index contributed by atoms with van der Waals surface area (Å²) in [4.78, 5) is 16.4. The maximum atomic E-state index is 12.0. The molecule has 5 rings (SSSR count). The Balaban J connectivity index is 1.40. The second-order valence-corrected chi connectivity index (χ2v) is 6.77. The highest BCUT2D eigenvalue weighted by Gasteiger charge is 2.30. The fourth-order valence-electron chi connectivity index (χ4n) is 3.07. The molecule has 1 fully saturated rings. The van der Waals surface area contributed by atoms with Crippen LogP contribution >= 0.6 is 0 Å². The van der Waals surface area contributed by atoms with Crippen molar-refractivity contribution in [2.45, 2.75) is 19.4 Å². The van der Waals surface area contributed by atoms with Crippen molar-refractivity contribution in [2.75, 3.05) is 5.32 Å². The van der Waals surface area contributed by atoms with Crippen molar-refractivity contribution in [3.05, 3.63) is 66.0 Å². The number of hydrogen-bond donors (Lipinski definition) is 3. The Bertz CT molecular complexity index is 1020. The average molecular weight is 361 g/mol. The topological polar surface area (TPSA) is 86.6 Å². The maximum absolute atomic E-state index is 12.0. The lowest BCUT2D eigenvalue weighted by atomic mass is 10.2. The Hall–Kier alpha value is -3.39. The molecular weight excluding hydrogens is 342 g/mol. The van der Waals surface area contributed by atoms with E-state index in [1.807, 2.05) is 47.6 Å². The van der Waals surface area contributed by atoms with Crippen LogP contribution in [0.25, 0.3) is 11.3 Å². The van der Waals surface area contributed by atoms with Crippen LogP contribution in [0.4, 0.5) is 5.95 Å². The molecule has 0 spiro atoms. The smallest absolute Gasteiger partial charge is 0.249 e. The lowest BCUT2D eigenvalue weighted by Gasteiger charge is -2.14. The molecule has 0 bridgehead atoms. The van der Waals surface area contributed by atoms with E-state index < -0.39 is 0 Å². The quantitative estimate of drug-likeness (QED) is 0.644. The van der Waals surface area contributed by atoms with Crippen molar-refractivity contribution in [1.82, 2.24) is 30.6 Å². The predicted octanol–water partition coefficient (Wildman–Crippen LogP) is 1.90. The summed E-state index contributed by atoms with van der Waals surface area (Å²) in [7, 11) is 0. The molecule has 0 radical (unpaired) electrons. The van der Waals surface area contributed by atoms with Crippen LogP contribution < -0.4 is 16.3 Å². The molecule has 27 heavy (non-hydrogen) atoms. The van der Waals surface area contributed by atoms with Crippen LogP contribution in [0.1, 0.15) is 24.1 Å². The first-order chi connectivity index (χ1) is 13.3. The van der Waals surface area contributed by atoms with Gasteiger partial charge in [0.15, 0.2) is 5.65 Å². The first-order valence-electron chi connectivity index (χ1n) is 8.97. The normalized spacial score (nSPS) is 16.3. The van der Waals surface area contributed by atoms with Crippen molar-refractivity contribution in [3.8, 4) is 0 Å². The minimum atomic E-state index is 0.00126. The number of amides is 1. The molecule has 2 aliphatic rings. The van der Waals surface area contributed by atoms with E-state index in [4.69, 9.17) is 0 Å². The van der Waals surface area contributed by atoms with Crippen molar-refractivity contribution in [2.24, 2.45) is 5.92 Å². The number of nitrogens with zero attached hydrogens (tertiary/aromatic N) is 4. The van der Waals surface area contributed by atoms with Crippen LogP contribution in [0.15, 0.2) is 54.7 Å². The van der Waals surface area contributed by atoms with Gasteiger partial charge in [0.2, 0.25) is 11.9 Å². The van der Waals surface area contributed by atoms with Crippen molar-refractivity contribution >= 4 is 23.2 Å². The minimum Gasteiger partial charge on any atom is -0.300 e. The van der Waals surface area contributed by atoms with E-state index in [0.29, 0.717) is 11.6 Å². The van der Waals surface area contributed by atoms with E-state index in [0.717, 1.165) is 30.8 Å². The van der Waals surface area contributed by atoms with E-state index in [2.05, 4.69) is 38.5 Å². The number of aromatic nitrogens is 3. The monoisotopic (exact) mass is 361 g/mol. The highest BCUT2D eigenvalue weighted by Crippen LogP contribution is 2.30. The molecule has 3 N–H and O–H groups in total. The maximum Gasteiger partial charge on any atom is 0.249 e. The zero-order valence-corrected chi connectivity index (χ0v) is 14.6. The summed E-state index contributed by atoms with van der Waals surface area (Å²) in [5, 5.41) is 9.24. The van der Waals surface area contributed by atoms with Gasteiger partial charge in [-0.3, -0.25) is 15.1 Å². The second kappa shape index (κ2) is 6.40. The molecule has 136 valence electrons. The first-order valence-corrected chi connectivity index (χ1v) is 8.97. The second-order valence-electron chi connectivity index (χ2n) is 6.77. The highest BCUT2D eigenvalue weighted by molar-refractivity contribution is 5.92. The van der Waals surface area contributed by atoms with Crippen LogP contribution in [0.2, 0.25) is 0 Å². The van der Waals surface area contributed by atoms with Crippen LogP contribution in [0, 0.1) is 5.92 Å². The summed E-state index contributed by atoms with van der Waals surface area (Å²) in [5.41, 5.74) is 9.93. The van der Waals surface area contributed by atoms with Gasteiger partial charge in [-0.05, 0) is 30.5 Å². The summed E-state index contributed by atoms with van der Waals surface area (Å²) >= 11 is 0. The standard InChI is InChI=1S/C19H19N7O/c27-18(14-9-10-14)21-19-20-17-8-4-7-16(26(17)23-19)15-12-25(24-22-15)11-13-5-2-1-3-6-13/h1-8,12,14,22,24H,9-11H2,(H,21,23,27). The molecule has 0 saturated heterocycles. The van der Waals surface area contributed by atoms with Gasteiger partial charge in [0, 0.05) is 12.1 Å². The molecule has 0 atom stereocenters. The lowest BCUT2D eigenvalue weighted by molar-refractivity contribution is -0.117. The van der Waals surface area contributed by atoms with Gasteiger partial charge in [0.1, 0.15) is 0 Å². The number of benzene rings is 1. The third-order valence-electron chi connectivity index (χ3n) is 4.63. The van der Waals surface area contributed by atoms with Crippen LogP contribution in [0.5, 0.6) is 0 Å². The number of hydrazine groups is 2. The number of nitrogens with one attached hydrogen (secondary N) is 3. The number of pyridine rings is 1. The molecule has 8 nitrogen and oxygen atoms in total. The van der Waals surface area contributed by atoms with Gasteiger partial charge in [0.25, 0.3) is 0 Å². The fourth-order valence-corrected chi connectivity index (χ4v) is 3.07. The van der Waals surface area contributed by atoms with E-state index in [9.17, 15) is 4.79 Å². The predicted molar refractivity (Wildman–Crippen MR) is 101 cm³/mol. The number of carbonyl (C=O) groups is 1. The molecule has 3 heterocycles. The number of rotatable bonds is 5. The van der Waals surface area contributed by atoms with Crippen molar-refractivity contribution in [3.63, 3.8) is 0 Å². The lowest BCUT2D eigenvalue weighted by Crippen LogP contribution is -2.35. The zero-order chi connectivity index (χ0) is 18.2. The number of carbonyl (C=O) groups excluding carboxylic acids is 1. The third-order valence-corrected chi connectivity index (χ3v) is 4.63. The van der Waals surface area contributed by atoms with E-state index >= 15 is 0 Å². The number of fused-ring (bicyclic) bond motifs is 1. The molecule has 3 aromatic rings. The van der Waals surface area contributed by atoms with Gasteiger partial charge in [-0.2, -0.15) is 4.98 Å². The molecule has 1 amide bonds. The van der Waals surface area contributed by atoms with E-state index in [-0.39, 0.29) is 11.8 Å². The van der Waals surface area contributed by atoms with Crippen LogP contribution in [-0.4, -0.2) is 25.5 Å². The molecule has 0 unspecified atom stereocenters. The summed E-state index contributed by atoms with van der Waals surface area (Å²) in [5.74, 6) is 0.458. The Morgan fingerprint density at radius 1 is 1.15 bits per heavy atom. The summed E-state index contributed by atoms with van der Waals surface area (Å²) in [6.07, 6.45) is 3.89. The van der Waals surface area contributed by atoms with Gasteiger partial charge in [-0.1, -0.05) is 36.4 Å². The molecular formula is C19H19N7O. The van der Waals surface area contributed by atoms with Crippen molar-refractivity contribution < 1.29 is 4.79 Å². The molecule has 1 saturated carbocycles. The average Bonchev–Trinajstić information content (AvgIpc) is 3.31. The molecule has 2 aromatic heterocycles. The minimum absolute atomic E-state index is 0.00126. The van der Waals surface area contributed by atoms with Crippen LogP contribution in [0.3, 0.4) is 0 Å². The number of hydrogen-bond acceptors (Lipinski definition) is 6. The molecule has 1 aliphatic heterocycles.